The number of nitrogens with one attached hydrogen (secondary N) is 1. The van der Waals surface area contributed by atoms with Crippen molar-refractivity contribution in [1.29, 1.82) is 0 Å². The summed E-state index contributed by atoms with van der Waals surface area (Å²) in [5.41, 5.74) is 0. The van der Waals surface area contributed by atoms with Crippen LogP contribution in [0.25, 0.3) is 0 Å². The number of rotatable bonds is 4. The molecule has 2 fully saturated rings. The smallest absolute Gasteiger partial charge is 0.239 e. The fourth-order valence-corrected chi connectivity index (χ4v) is 4.27. The molecule has 2 aliphatic heterocycles. The summed E-state index contributed by atoms with van der Waals surface area (Å²) in [4.78, 5) is 16.8. The molecule has 0 aromatic carbocycles. The molecule has 22 heavy (non-hydrogen) atoms. The molecular formula is C15H29N3O3S. The minimum absolute atomic E-state index is 0.0804. The molecule has 2 aliphatic rings. The molecule has 128 valence electrons. The van der Waals surface area contributed by atoms with Crippen molar-refractivity contribution in [2.24, 2.45) is 0 Å². The maximum absolute atomic E-state index is 12.7. The van der Waals surface area contributed by atoms with Crippen LogP contribution in [0, 0.1) is 0 Å². The Morgan fingerprint density at radius 2 is 1.73 bits per heavy atom. The lowest BCUT2D eigenvalue weighted by Crippen LogP contribution is -2.54. The van der Waals surface area contributed by atoms with Crippen LogP contribution in [-0.2, 0) is 14.8 Å². The van der Waals surface area contributed by atoms with Gasteiger partial charge in [0.1, 0.15) is 0 Å². The molecule has 0 saturated carbocycles. The van der Waals surface area contributed by atoms with Crippen LogP contribution < -0.4 is 4.72 Å². The zero-order chi connectivity index (χ0) is 16.2. The van der Waals surface area contributed by atoms with E-state index >= 15 is 0 Å². The summed E-state index contributed by atoms with van der Waals surface area (Å²) in [6.07, 6.45) is 7.56. The van der Waals surface area contributed by atoms with Crippen LogP contribution in [0.2, 0.25) is 0 Å². The lowest BCUT2D eigenvalue weighted by atomic mass is 10.0. The number of hydrogen-bond donors (Lipinski definition) is 1. The van der Waals surface area contributed by atoms with Gasteiger partial charge in [-0.05, 0) is 39.2 Å². The van der Waals surface area contributed by atoms with Gasteiger partial charge in [-0.1, -0.05) is 12.8 Å². The first kappa shape index (κ1) is 17.7. The fraction of sp³-hybridized carbons (Fsp3) is 0.933. The number of sulfonamides is 1. The monoisotopic (exact) mass is 331 g/mol. The van der Waals surface area contributed by atoms with E-state index in [2.05, 4.69) is 9.62 Å². The summed E-state index contributed by atoms with van der Waals surface area (Å²) < 4.78 is 25.5. The van der Waals surface area contributed by atoms with Crippen molar-refractivity contribution in [2.45, 2.75) is 57.5 Å². The summed E-state index contributed by atoms with van der Waals surface area (Å²) in [6, 6.07) is -0.245. The Hall–Kier alpha value is -0.660. The maximum atomic E-state index is 12.7. The van der Waals surface area contributed by atoms with Crippen LogP contribution in [0.4, 0.5) is 0 Å². The summed E-state index contributed by atoms with van der Waals surface area (Å²) in [5.74, 6) is 0.196. The predicted molar refractivity (Wildman–Crippen MR) is 87.1 cm³/mol. The number of piperidine rings is 1. The zero-order valence-electron chi connectivity index (χ0n) is 13.8. The van der Waals surface area contributed by atoms with Gasteiger partial charge < -0.3 is 4.90 Å². The van der Waals surface area contributed by atoms with Gasteiger partial charge in [0.15, 0.2) is 0 Å². The third-order valence-electron chi connectivity index (χ3n) is 4.66. The van der Waals surface area contributed by atoms with Gasteiger partial charge in [-0.2, -0.15) is 0 Å². The van der Waals surface area contributed by atoms with Crippen molar-refractivity contribution in [3.63, 3.8) is 0 Å². The van der Waals surface area contributed by atoms with Gasteiger partial charge >= 0.3 is 0 Å². The van der Waals surface area contributed by atoms with Crippen molar-refractivity contribution in [2.75, 3.05) is 32.4 Å². The van der Waals surface area contributed by atoms with Crippen molar-refractivity contribution in [1.82, 2.24) is 14.5 Å². The summed E-state index contributed by atoms with van der Waals surface area (Å²) in [6.45, 7) is 5.16. The summed E-state index contributed by atoms with van der Waals surface area (Å²) >= 11 is 0. The fourth-order valence-electron chi connectivity index (χ4n) is 3.47. The number of carbonyl (C=O) groups is 1. The van der Waals surface area contributed by atoms with E-state index in [0.29, 0.717) is 6.54 Å². The van der Waals surface area contributed by atoms with Crippen molar-refractivity contribution < 1.29 is 13.2 Å². The molecule has 2 unspecified atom stereocenters. The largest absolute Gasteiger partial charge is 0.341 e. The molecule has 7 heteroatoms. The Labute approximate surface area is 134 Å². The number of carbonyl (C=O) groups excluding carboxylic acids is 1. The Bertz CT molecular complexity index is 472. The van der Waals surface area contributed by atoms with Gasteiger partial charge in [-0.3, -0.25) is 9.69 Å². The van der Waals surface area contributed by atoms with E-state index < -0.39 is 10.0 Å². The van der Waals surface area contributed by atoms with E-state index in [9.17, 15) is 13.2 Å². The molecule has 1 amide bonds. The van der Waals surface area contributed by atoms with E-state index in [1.807, 2.05) is 11.8 Å². The molecule has 2 saturated heterocycles. The minimum Gasteiger partial charge on any atom is -0.341 e. The molecule has 0 aliphatic carbocycles. The van der Waals surface area contributed by atoms with Crippen LogP contribution in [0.5, 0.6) is 0 Å². The van der Waals surface area contributed by atoms with E-state index in [-0.39, 0.29) is 18.0 Å². The molecule has 1 N–H and O–H groups in total. The van der Waals surface area contributed by atoms with Gasteiger partial charge in [-0.25, -0.2) is 13.1 Å². The molecule has 2 rings (SSSR count). The van der Waals surface area contributed by atoms with Gasteiger partial charge in [0.25, 0.3) is 0 Å². The topological polar surface area (TPSA) is 69.7 Å². The second kappa shape index (κ2) is 7.75. The quantitative estimate of drug-likeness (QED) is 0.827. The van der Waals surface area contributed by atoms with Crippen LogP contribution in [0.1, 0.15) is 45.4 Å². The van der Waals surface area contributed by atoms with Gasteiger partial charge in [0.2, 0.25) is 15.9 Å². The Morgan fingerprint density at radius 3 is 2.32 bits per heavy atom. The third-order valence-corrected chi connectivity index (χ3v) is 5.42. The van der Waals surface area contributed by atoms with Crippen molar-refractivity contribution in [3.05, 3.63) is 0 Å². The highest BCUT2D eigenvalue weighted by atomic mass is 32.2. The molecule has 2 atom stereocenters. The highest BCUT2D eigenvalue weighted by Gasteiger charge is 2.31. The van der Waals surface area contributed by atoms with E-state index in [1.54, 1.807) is 0 Å². The SMILES string of the molecule is CC(C(=O)N1CCCCCC1)N1CCCC(NS(C)(=O)=O)C1. The summed E-state index contributed by atoms with van der Waals surface area (Å²) in [5, 5.41) is 0. The predicted octanol–water partition coefficient (Wildman–Crippen LogP) is 0.791. The van der Waals surface area contributed by atoms with Crippen LogP contribution >= 0.6 is 0 Å². The van der Waals surface area contributed by atoms with Gasteiger partial charge in [0.05, 0.1) is 12.3 Å². The lowest BCUT2D eigenvalue weighted by molar-refractivity contribution is -0.136. The summed E-state index contributed by atoms with van der Waals surface area (Å²) in [7, 11) is -3.19. The first-order valence-corrected chi connectivity index (χ1v) is 10.3. The van der Waals surface area contributed by atoms with Crippen molar-refractivity contribution in [3.8, 4) is 0 Å². The van der Waals surface area contributed by atoms with E-state index in [4.69, 9.17) is 0 Å². The van der Waals surface area contributed by atoms with Gasteiger partial charge in [0, 0.05) is 25.7 Å². The van der Waals surface area contributed by atoms with Crippen LogP contribution in [-0.4, -0.2) is 68.6 Å². The molecular weight excluding hydrogens is 302 g/mol. The number of nitrogens with zero attached hydrogens (tertiary/aromatic N) is 2. The minimum atomic E-state index is -3.19. The average Bonchev–Trinajstić information content (AvgIpc) is 2.73. The van der Waals surface area contributed by atoms with Gasteiger partial charge in [-0.15, -0.1) is 0 Å². The molecule has 0 aromatic rings. The molecule has 6 nitrogen and oxygen atoms in total. The lowest BCUT2D eigenvalue weighted by Gasteiger charge is -2.37. The highest BCUT2D eigenvalue weighted by molar-refractivity contribution is 7.88. The first-order valence-electron chi connectivity index (χ1n) is 8.37. The Balaban J connectivity index is 1.92. The number of amides is 1. The molecule has 0 aromatic heterocycles. The zero-order valence-corrected chi connectivity index (χ0v) is 14.6. The molecule has 0 spiro atoms. The van der Waals surface area contributed by atoms with Crippen molar-refractivity contribution >= 4 is 15.9 Å². The molecule has 2 heterocycles. The Morgan fingerprint density at radius 1 is 1.09 bits per heavy atom. The van der Waals surface area contributed by atoms with E-state index in [1.165, 1.54) is 19.1 Å². The normalized spacial score (nSPS) is 26.5. The standard InChI is InChI=1S/C15H29N3O3S/c1-13(15(19)17-9-5-3-4-6-10-17)18-11-7-8-14(12-18)16-22(2,20)21/h13-14,16H,3-12H2,1-2H3. The maximum Gasteiger partial charge on any atom is 0.239 e. The molecule has 0 bridgehead atoms. The number of hydrogen-bond acceptors (Lipinski definition) is 4. The second-order valence-electron chi connectivity index (χ2n) is 6.64. The number of likely N-dealkylation sites (tertiary alicyclic amines) is 2. The van der Waals surface area contributed by atoms with Crippen LogP contribution in [0.15, 0.2) is 0 Å². The first-order chi connectivity index (χ1) is 10.4. The third kappa shape index (κ3) is 5.21. The highest BCUT2D eigenvalue weighted by Crippen LogP contribution is 2.17. The average molecular weight is 331 g/mol. The van der Waals surface area contributed by atoms with Crippen LogP contribution in [0.3, 0.4) is 0 Å². The van der Waals surface area contributed by atoms with E-state index in [0.717, 1.165) is 45.3 Å². The Kier molecular flexibility index (Phi) is 6.23. The second-order valence-corrected chi connectivity index (χ2v) is 8.42. The molecule has 0 radical (unpaired) electrons.